The van der Waals surface area contributed by atoms with E-state index in [-0.39, 0.29) is 0 Å². The smallest absolute Gasteiger partial charge is 0.0233 e. The van der Waals surface area contributed by atoms with E-state index < -0.39 is 0 Å². The number of unbranched alkanes of at least 4 members (excludes halogenated alkanes) is 2. The van der Waals surface area contributed by atoms with Gasteiger partial charge in [0.2, 0.25) is 0 Å². The van der Waals surface area contributed by atoms with E-state index in [1.165, 1.54) is 49.9 Å². The summed E-state index contributed by atoms with van der Waals surface area (Å²) < 4.78 is 0. The summed E-state index contributed by atoms with van der Waals surface area (Å²) in [4.78, 5) is 2.61. The number of hydrogen-bond acceptors (Lipinski definition) is 2. The van der Waals surface area contributed by atoms with Crippen molar-refractivity contribution in [3.8, 4) is 0 Å². The van der Waals surface area contributed by atoms with E-state index in [1.807, 2.05) is 0 Å². The van der Waals surface area contributed by atoms with Crippen LogP contribution in [-0.4, -0.2) is 24.0 Å². The summed E-state index contributed by atoms with van der Waals surface area (Å²) in [6.45, 7) is 13.4. The van der Waals surface area contributed by atoms with Gasteiger partial charge in [0.05, 0.1) is 0 Å². The monoisotopic (exact) mass is 290 g/mol. The van der Waals surface area contributed by atoms with Gasteiger partial charge in [-0.25, -0.2) is 0 Å². The number of nitrogens with one attached hydrogen (secondary N) is 1. The lowest BCUT2D eigenvalue weighted by Gasteiger charge is -2.22. The van der Waals surface area contributed by atoms with Gasteiger partial charge in [-0.15, -0.1) is 0 Å². The molecule has 0 radical (unpaired) electrons. The number of rotatable bonds is 11. The van der Waals surface area contributed by atoms with E-state index >= 15 is 0 Å². The zero-order chi connectivity index (χ0) is 15.5. The summed E-state index contributed by atoms with van der Waals surface area (Å²) in [6, 6.07) is 9.67. The van der Waals surface area contributed by atoms with Crippen LogP contribution in [0.5, 0.6) is 0 Å². The van der Waals surface area contributed by atoms with Crippen LogP contribution in [0.1, 0.15) is 64.5 Å². The van der Waals surface area contributed by atoms with Gasteiger partial charge < -0.3 is 5.32 Å². The van der Waals surface area contributed by atoms with Gasteiger partial charge in [0, 0.05) is 19.1 Å². The zero-order valence-electron chi connectivity index (χ0n) is 14.5. The van der Waals surface area contributed by atoms with Crippen molar-refractivity contribution in [1.82, 2.24) is 10.2 Å². The third-order valence-electron chi connectivity index (χ3n) is 3.80. The van der Waals surface area contributed by atoms with Gasteiger partial charge in [-0.1, -0.05) is 64.8 Å². The number of nitrogens with zero attached hydrogens (tertiary/aromatic N) is 1. The maximum atomic E-state index is 3.47. The maximum Gasteiger partial charge on any atom is 0.0233 e. The zero-order valence-corrected chi connectivity index (χ0v) is 14.5. The molecule has 0 aliphatic heterocycles. The molecule has 2 heteroatoms. The molecule has 0 spiro atoms. The summed E-state index contributed by atoms with van der Waals surface area (Å²) in [7, 11) is 0. The highest BCUT2D eigenvalue weighted by molar-refractivity contribution is 5.22. The summed E-state index contributed by atoms with van der Waals surface area (Å²) in [5.74, 6) is 0. The van der Waals surface area contributed by atoms with Crippen molar-refractivity contribution in [3.63, 3.8) is 0 Å². The van der Waals surface area contributed by atoms with Crippen LogP contribution in [0.25, 0.3) is 0 Å². The molecule has 0 atom stereocenters. The minimum absolute atomic E-state index is 0.545. The first-order valence-electron chi connectivity index (χ1n) is 8.69. The van der Waals surface area contributed by atoms with Crippen molar-refractivity contribution in [1.29, 1.82) is 0 Å². The minimum Gasteiger partial charge on any atom is -0.310 e. The van der Waals surface area contributed by atoms with Crippen LogP contribution in [0.2, 0.25) is 0 Å². The standard InChI is InChI=1S/C19H34N2/c1-5-7-13-21(14-8-6-2)16-19-11-9-18(10-12-19)15-20-17(3)4/h9-12,17,20H,5-8,13-16H2,1-4H3. The Bertz CT molecular complexity index is 348. The molecule has 0 unspecified atom stereocenters. The fourth-order valence-corrected chi connectivity index (χ4v) is 2.38. The molecule has 1 aromatic carbocycles. The van der Waals surface area contributed by atoms with Crippen LogP contribution < -0.4 is 5.32 Å². The molecule has 0 amide bonds. The van der Waals surface area contributed by atoms with E-state index in [0.29, 0.717) is 6.04 Å². The average molecular weight is 290 g/mol. The number of hydrogen-bond donors (Lipinski definition) is 1. The lowest BCUT2D eigenvalue weighted by Crippen LogP contribution is -2.25. The van der Waals surface area contributed by atoms with Crippen LogP contribution in [0.4, 0.5) is 0 Å². The molecule has 0 fully saturated rings. The highest BCUT2D eigenvalue weighted by atomic mass is 15.1. The molecule has 2 nitrogen and oxygen atoms in total. The van der Waals surface area contributed by atoms with Crippen LogP contribution in [0, 0.1) is 0 Å². The Labute approximate surface area is 131 Å². The fraction of sp³-hybridized carbons (Fsp3) is 0.684. The van der Waals surface area contributed by atoms with Crippen LogP contribution >= 0.6 is 0 Å². The fourth-order valence-electron chi connectivity index (χ4n) is 2.38. The second kappa shape index (κ2) is 10.8. The Hall–Kier alpha value is -0.860. The van der Waals surface area contributed by atoms with Gasteiger partial charge in [-0.05, 0) is 37.1 Å². The van der Waals surface area contributed by atoms with Crippen LogP contribution in [0.15, 0.2) is 24.3 Å². The van der Waals surface area contributed by atoms with Gasteiger partial charge in [0.1, 0.15) is 0 Å². The first-order valence-corrected chi connectivity index (χ1v) is 8.69. The van der Waals surface area contributed by atoms with E-state index in [4.69, 9.17) is 0 Å². The lowest BCUT2D eigenvalue weighted by molar-refractivity contribution is 0.257. The molecule has 0 saturated carbocycles. The Kier molecular flexibility index (Phi) is 9.36. The maximum absolute atomic E-state index is 3.47. The lowest BCUT2D eigenvalue weighted by atomic mass is 10.1. The van der Waals surface area contributed by atoms with Gasteiger partial charge in [0.15, 0.2) is 0 Å². The van der Waals surface area contributed by atoms with Crippen molar-refractivity contribution in [2.45, 2.75) is 72.5 Å². The average Bonchev–Trinajstić information content (AvgIpc) is 2.49. The van der Waals surface area contributed by atoms with Crippen molar-refractivity contribution < 1.29 is 0 Å². The normalized spacial score (nSPS) is 11.5. The predicted molar refractivity (Wildman–Crippen MR) is 93.5 cm³/mol. The summed E-state index contributed by atoms with van der Waals surface area (Å²) in [5.41, 5.74) is 2.82. The van der Waals surface area contributed by atoms with Crippen LogP contribution in [0.3, 0.4) is 0 Å². The third-order valence-corrected chi connectivity index (χ3v) is 3.80. The van der Waals surface area contributed by atoms with Crippen molar-refractivity contribution >= 4 is 0 Å². The van der Waals surface area contributed by atoms with Crippen molar-refractivity contribution in [2.24, 2.45) is 0 Å². The summed E-state index contributed by atoms with van der Waals surface area (Å²) >= 11 is 0. The molecular formula is C19H34N2. The van der Waals surface area contributed by atoms with E-state index in [2.05, 4.69) is 62.2 Å². The molecule has 1 N–H and O–H groups in total. The first kappa shape index (κ1) is 18.2. The molecule has 0 aliphatic carbocycles. The summed E-state index contributed by atoms with van der Waals surface area (Å²) in [5, 5.41) is 3.47. The molecule has 0 bridgehead atoms. The molecule has 1 rings (SSSR count). The highest BCUT2D eigenvalue weighted by Crippen LogP contribution is 2.10. The van der Waals surface area contributed by atoms with Gasteiger partial charge in [-0.2, -0.15) is 0 Å². The Balaban J connectivity index is 2.49. The SMILES string of the molecule is CCCCN(CCCC)Cc1ccc(CNC(C)C)cc1. The Morgan fingerprint density at radius 1 is 0.905 bits per heavy atom. The summed E-state index contributed by atoms with van der Waals surface area (Å²) in [6.07, 6.45) is 5.17. The van der Waals surface area contributed by atoms with Gasteiger partial charge in [-0.3, -0.25) is 4.90 Å². The van der Waals surface area contributed by atoms with E-state index in [9.17, 15) is 0 Å². The largest absolute Gasteiger partial charge is 0.310 e. The quantitative estimate of drug-likeness (QED) is 0.641. The van der Waals surface area contributed by atoms with E-state index in [0.717, 1.165) is 13.1 Å². The predicted octanol–water partition coefficient (Wildman–Crippen LogP) is 4.59. The van der Waals surface area contributed by atoms with Gasteiger partial charge in [0.25, 0.3) is 0 Å². The third kappa shape index (κ3) is 8.23. The van der Waals surface area contributed by atoms with Gasteiger partial charge >= 0.3 is 0 Å². The molecule has 21 heavy (non-hydrogen) atoms. The Morgan fingerprint density at radius 2 is 1.43 bits per heavy atom. The second-order valence-electron chi connectivity index (χ2n) is 6.34. The Morgan fingerprint density at radius 3 is 1.90 bits per heavy atom. The van der Waals surface area contributed by atoms with Crippen molar-refractivity contribution in [2.75, 3.05) is 13.1 Å². The van der Waals surface area contributed by atoms with E-state index in [1.54, 1.807) is 0 Å². The van der Waals surface area contributed by atoms with Crippen LogP contribution in [-0.2, 0) is 13.1 Å². The molecule has 0 aliphatic rings. The molecule has 120 valence electrons. The second-order valence-corrected chi connectivity index (χ2v) is 6.34. The molecule has 0 saturated heterocycles. The van der Waals surface area contributed by atoms with Crippen molar-refractivity contribution in [3.05, 3.63) is 35.4 Å². The number of benzene rings is 1. The molecule has 1 aromatic rings. The topological polar surface area (TPSA) is 15.3 Å². The minimum atomic E-state index is 0.545. The molecular weight excluding hydrogens is 256 g/mol. The molecule has 0 aromatic heterocycles. The molecule has 0 heterocycles. The first-order chi connectivity index (χ1) is 10.2. The highest BCUT2D eigenvalue weighted by Gasteiger charge is 2.05.